The van der Waals surface area contributed by atoms with Gasteiger partial charge in [0.25, 0.3) is 0 Å². The largest absolute Gasteiger partial charge is 0.387 e. The molecular weight excluding hydrogens is 230 g/mol. The molecule has 0 aliphatic carbocycles. The van der Waals surface area contributed by atoms with Gasteiger partial charge in [-0.3, -0.25) is 9.78 Å². The summed E-state index contributed by atoms with van der Waals surface area (Å²) in [5, 5.41) is 12.0. The monoisotopic (exact) mass is 251 g/mol. The van der Waals surface area contributed by atoms with E-state index in [9.17, 15) is 9.90 Å². The summed E-state index contributed by atoms with van der Waals surface area (Å²) < 4.78 is 0. The van der Waals surface area contributed by atoms with Crippen molar-refractivity contribution in [1.29, 1.82) is 0 Å². The second kappa shape index (κ2) is 6.35. The summed E-state index contributed by atoms with van der Waals surface area (Å²) in [5.41, 5.74) is 1.57. The van der Waals surface area contributed by atoms with Gasteiger partial charge >= 0.3 is 0 Å². The van der Waals surface area contributed by atoms with Crippen LogP contribution in [0.25, 0.3) is 0 Å². The van der Waals surface area contributed by atoms with E-state index in [-0.39, 0.29) is 11.8 Å². The number of hydrogen-bond acceptors (Lipinski definition) is 4. The molecule has 1 unspecified atom stereocenters. The lowest BCUT2D eigenvalue weighted by Crippen LogP contribution is -2.34. The van der Waals surface area contributed by atoms with E-state index in [1.807, 2.05) is 24.9 Å². The highest BCUT2D eigenvalue weighted by molar-refractivity contribution is 5.78. The minimum atomic E-state index is -0.561. The summed E-state index contributed by atoms with van der Waals surface area (Å²) in [6.07, 6.45) is 1.15. The second-order valence-corrected chi connectivity index (χ2v) is 4.51. The van der Waals surface area contributed by atoms with Gasteiger partial charge in [0.15, 0.2) is 0 Å². The van der Waals surface area contributed by atoms with Crippen LogP contribution >= 0.6 is 0 Å². The number of carbonyl (C=O) groups excluding carboxylic acids is 1. The van der Waals surface area contributed by atoms with Crippen LogP contribution in [0.4, 0.5) is 5.69 Å². The number of anilines is 1. The van der Waals surface area contributed by atoms with Crippen molar-refractivity contribution in [2.45, 2.75) is 20.0 Å². The molecule has 0 radical (unpaired) electrons. The van der Waals surface area contributed by atoms with Crippen LogP contribution in [0, 0.1) is 5.92 Å². The molecule has 2 N–H and O–H groups in total. The predicted octanol–water partition coefficient (Wildman–Crippen LogP) is 0.953. The van der Waals surface area contributed by atoms with Crippen LogP contribution in [-0.4, -0.2) is 36.6 Å². The lowest BCUT2D eigenvalue weighted by molar-refractivity contribution is -0.123. The highest BCUT2D eigenvalue weighted by Crippen LogP contribution is 2.16. The topological polar surface area (TPSA) is 65.5 Å². The maximum absolute atomic E-state index is 11.4. The van der Waals surface area contributed by atoms with Gasteiger partial charge in [-0.15, -0.1) is 0 Å². The molecule has 0 saturated carbocycles. The molecule has 1 aromatic rings. The van der Waals surface area contributed by atoms with Crippen LogP contribution in [0.5, 0.6) is 0 Å². The molecular formula is C13H21N3O2. The zero-order valence-electron chi connectivity index (χ0n) is 11.3. The highest BCUT2D eigenvalue weighted by atomic mass is 16.3. The van der Waals surface area contributed by atoms with Crippen LogP contribution in [0.15, 0.2) is 18.3 Å². The predicted molar refractivity (Wildman–Crippen MR) is 71.4 cm³/mol. The van der Waals surface area contributed by atoms with Gasteiger partial charge in [0, 0.05) is 20.6 Å². The number of nitrogens with zero attached hydrogens (tertiary/aromatic N) is 2. The number of aromatic nitrogens is 1. The van der Waals surface area contributed by atoms with Gasteiger partial charge in [-0.25, -0.2) is 0 Å². The first kappa shape index (κ1) is 14.4. The highest BCUT2D eigenvalue weighted by Gasteiger charge is 2.14. The van der Waals surface area contributed by atoms with Gasteiger partial charge < -0.3 is 15.3 Å². The number of nitrogens with one attached hydrogen (secondary N) is 1. The normalized spacial score (nSPS) is 13.8. The number of hydrogen-bond donors (Lipinski definition) is 2. The number of aliphatic hydroxyl groups is 1. The Morgan fingerprint density at radius 2 is 2.17 bits per heavy atom. The summed E-state index contributed by atoms with van der Waals surface area (Å²) in [4.78, 5) is 17.6. The van der Waals surface area contributed by atoms with E-state index in [1.165, 1.54) is 0 Å². The van der Waals surface area contributed by atoms with Crippen molar-refractivity contribution in [3.63, 3.8) is 0 Å². The van der Waals surface area contributed by atoms with Crippen LogP contribution in [-0.2, 0) is 4.79 Å². The van der Waals surface area contributed by atoms with E-state index in [4.69, 9.17) is 0 Å². The average Bonchev–Trinajstić information content (AvgIpc) is 2.37. The average molecular weight is 251 g/mol. The van der Waals surface area contributed by atoms with E-state index < -0.39 is 6.10 Å². The van der Waals surface area contributed by atoms with Crippen LogP contribution in [0.2, 0.25) is 0 Å². The minimum absolute atomic E-state index is 0.0235. The molecule has 0 aromatic carbocycles. The molecule has 1 aromatic heterocycles. The quantitative estimate of drug-likeness (QED) is 0.818. The van der Waals surface area contributed by atoms with Crippen molar-refractivity contribution in [3.8, 4) is 0 Å². The standard InChI is InChI=1S/C13H21N3O2/c1-9(13(18)14-3)8-16(4)11-5-6-12(10(2)17)15-7-11/h5-7,9-10,17H,8H2,1-4H3,(H,14,18)/t9?,10-/m0/s1. The van der Waals surface area contributed by atoms with Crippen LogP contribution in [0.3, 0.4) is 0 Å². The molecule has 5 nitrogen and oxygen atoms in total. The SMILES string of the molecule is CNC(=O)C(C)CN(C)c1ccc([C@H](C)O)nc1. The molecule has 1 heterocycles. The Bertz CT molecular complexity index is 390. The van der Waals surface area contributed by atoms with Crippen LogP contribution < -0.4 is 10.2 Å². The Kier molecular flexibility index (Phi) is 5.09. The Labute approximate surface area is 108 Å². The maximum Gasteiger partial charge on any atom is 0.224 e. The Morgan fingerprint density at radius 1 is 1.50 bits per heavy atom. The molecule has 1 rings (SSSR count). The van der Waals surface area contributed by atoms with Gasteiger partial charge in [-0.2, -0.15) is 0 Å². The molecule has 0 saturated heterocycles. The minimum Gasteiger partial charge on any atom is -0.387 e. The fraction of sp³-hybridized carbons (Fsp3) is 0.538. The van der Waals surface area contributed by atoms with E-state index in [1.54, 1.807) is 26.2 Å². The van der Waals surface area contributed by atoms with Gasteiger partial charge in [0.1, 0.15) is 0 Å². The molecule has 0 fully saturated rings. The first-order chi connectivity index (χ1) is 8.45. The molecule has 0 aliphatic rings. The molecule has 1 amide bonds. The number of carbonyl (C=O) groups is 1. The lowest BCUT2D eigenvalue weighted by Gasteiger charge is -2.22. The van der Waals surface area contributed by atoms with Gasteiger partial charge in [-0.05, 0) is 19.1 Å². The van der Waals surface area contributed by atoms with E-state index in [2.05, 4.69) is 10.3 Å². The van der Waals surface area contributed by atoms with E-state index in [0.717, 1.165) is 5.69 Å². The van der Waals surface area contributed by atoms with Crippen molar-refractivity contribution < 1.29 is 9.90 Å². The Balaban J connectivity index is 2.67. The van der Waals surface area contributed by atoms with E-state index in [0.29, 0.717) is 12.2 Å². The first-order valence-electron chi connectivity index (χ1n) is 6.02. The van der Waals surface area contributed by atoms with Crippen LogP contribution in [0.1, 0.15) is 25.6 Å². The van der Waals surface area contributed by atoms with Gasteiger partial charge in [0.05, 0.1) is 29.6 Å². The summed E-state index contributed by atoms with van der Waals surface area (Å²) in [5.74, 6) is -0.0631. The number of amides is 1. The number of pyridine rings is 1. The van der Waals surface area contributed by atoms with Gasteiger partial charge in [0.2, 0.25) is 5.91 Å². The third-order valence-corrected chi connectivity index (χ3v) is 2.88. The first-order valence-corrected chi connectivity index (χ1v) is 6.02. The zero-order valence-corrected chi connectivity index (χ0v) is 11.3. The summed E-state index contributed by atoms with van der Waals surface area (Å²) in [7, 11) is 3.55. The maximum atomic E-state index is 11.4. The molecule has 18 heavy (non-hydrogen) atoms. The molecule has 0 aliphatic heterocycles. The molecule has 100 valence electrons. The Hall–Kier alpha value is -1.62. The lowest BCUT2D eigenvalue weighted by atomic mass is 10.1. The van der Waals surface area contributed by atoms with Crippen molar-refractivity contribution in [3.05, 3.63) is 24.0 Å². The molecule has 5 heteroatoms. The van der Waals surface area contributed by atoms with Crippen molar-refractivity contribution in [1.82, 2.24) is 10.3 Å². The molecule has 0 spiro atoms. The zero-order chi connectivity index (χ0) is 13.7. The second-order valence-electron chi connectivity index (χ2n) is 4.51. The van der Waals surface area contributed by atoms with Gasteiger partial charge in [-0.1, -0.05) is 6.92 Å². The number of rotatable bonds is 5. The fourth-order valence-electron chi connectivity index (χ4n) is 1.72. The van der Waals surface area contributed by atoms with Crippen molar-refractivity contribution in [2.24, 2.45) is 5.92 Å². The summed E-state index contributed by atoms with van der Waals surface area (Å²) in [6, 6.07) is 3.69. The summed E-state index contributed by atoms with van der Waals surface area (Å²) in [6.45, 7) is 4.18. The van der Waals surface area contributed by atoms with E-state index >= 15 is 0 Å². The van der Waals surface area contributed by atoms with Crippen molar-refractivity contribution in [2.75, 3.05) is 25.5 Å². The fourth-order valence-corrected chi connectivity index (χ4v) is 1.72. The van der Waals surface area contributed by atoms with Crippen molar-refractivity contribution >= 4 is 11.6 Å². The number of aliphatic hydroxyl groups excluding tert-OH is 1. The third kappa shape index (κ3) is 3.70. The summed E-state index contributed by atoms with van der Waals surface area (Å²) >= 11 is 0. The third-order valence-electron chi connectivity index (χ3n) is 2.88. The molecule has 2 atom stereocenters. The smallest absolute Gasteiger partial charge is 0.224 e. The molecule has 0 bridgehead atoms. The Morgan fingerprint density at radius 3 is 2.61 bits per heavy atom.